The molecule has 2 aliphatic rings. The maximum atomic E-state index is 9.06. The van der Waals surface area contributed by atoms with Crippen molar-refractivity contribution < 1.29 is 5.11 Å². The summed E-state index contributed by atoms with van der Waals surface area (Å²) in [5.41, 5.74) is 8.36. The molecule has 2 atom stereocenters. The van der Waals surface area contributed by atoms with Gasteiger partial charge in [0.25, 0.3) is 0 Å². The Kier molecular flexibility index (Phi) is 2.81. The summed E-state index contributed by atoms with van der Waals surface area (Å²) in [5.74, 6) is 0. The fourth-order valence-electron chi connectivity index (χ4n) is 3.41. The monoisotopic (exact) mass is 232 g/mol. The third-order valence-corrected chi connectivity index (χ3v) is 4.19. The van der Waals surface area contributed by atoms with Crippen LogP contribution in [-0.2, 0) is 6.61 Å². The highest BCUT2D eigenvalue weighted by molar-refractivity contribution is 5.51. The number of benzene rings is 1. The Bertz CT molecular complexity index is 376. The lowest BCUT2D eigenvalue weighted by Crippen LogP contribution is -2.47. The average molecular weight is 232 g/mol. The van der Waals surface area contributed by atoms with Crippen molar-refractivity contribution >= 4 is 5.69 Å². The van der Waals surface area contributed by atoms with Gasteiger partial charge in [0.1, 0.15) is 0 Å². The molecule has 0 saturated carbocycles. The summed E-state index contributed by atoms with van der Waals surface area (Å²) in [5, 5.41) is 9.06. The van der Waals surface area contributed by atoms with Crippen LogP contribution in [0.2, 0.25) is 0 Å². The van der Waals surface area contributed by atoms with Gasteiger partial charge in [-0.15, -0.1) is 0 Å². The zero-order valence-corrected chi connectivity index (χ0v) is 10.0. The first-order chi connectivity index (χ1) is 8.28. The van der Waals surface area contributed by atoms with Crippen molar-refractivity contribution in [2.24, 2.45) is 5.73 Å². The van der Waals surface area contributed by atoms with E-state index < -0.39 is 0 Å². The fraction of sp³-hybridized carbons (Fsp3) is 0.571. The van der Waals surface area contributed by atoms with Crippen LogP contribution in [0.15, 0.2) is 24.3 Å². The van der Waals surface area contributed by atoms with Crippen molar-refractivity contribution in [3.8, 4) is 0 Å². The highest BCUT2D eigenvalue weighted by atomic mass is 16.3. The molecule has 3 heteroatoms. The van der Waals surface area contributed by atoms with Crippen molar-refractivity contribution in [1.29, 1.82) is 0 Å². The van der Waals surface area contributed by atoms with Crippen LogP contribution in [0.3, 0.4) is 0 Å². The van der Waals surface area contributed by atoms with Crippen LogP contribution in [0.25, 0.3) is 0 Å². The summed E-state index contributed by atoms with van der Waals surface area (Å²) in [6.07, 6.45) is 4.80. The van der Waals surface area contributed by atoms with E-state index in [4.69, 9.17) is 10.8 Å². The number of hydrogen-bond donors (Lipinski definition) is 2. The number of nitrogens with two attached hydrogens (primary N) is 1. The molecular formula is C14H20N2O. The molecule has 1 aromatic carbocycles. The van der Waals surface area contributed by atoms with E-state index in [0.29, 0.717) is 18.1 Å². The van der Waals surface area contributed by atoms with E-state index >= 15 is 0 Å². The number of aliphatic hydroxyl groups is 1. The van der Waals surface area contributed by atoms with Crippen molar-refractivity contribution in [3.05, 3.63) is 29.8 Å². The number of aliphatic hydroxyl groups excluding tert-OH is 1. The van der Waals surface area contributed by atoms with Crippen LogP contribution < -0.4 is 10.6 Å². The second-order valence-corrected chi connectivity index (χ2v) is 5.35. The van der Waals surface area contributed by atoms with E-state index in [-0.39, 0.29) is 6.61 Å². The van der Waals surface area contributed by atoms with Gasteiger partial charge in [0.2, 0.25) is 0 Å². The van der Waals surface area contributed by atoms with Crippen LogP contribution in [0.4, 0.5) is 5.69 Å². The number of piperidine rings is 1. The van der Waals surface area contributed by atoms with Crippen LogP contribution in [0, 0.1) is 0 Å². The van der Waals surface area contributed by atoms with Gasteiger partial charge in [-0.1, -0.05) is 12.1 Å². The largest absolute Gasteiger partial charge is 0.392 e. The van der Waals surface area contributed by atoms with Crippen LogP contribution in [0.5, 0.6) is 0 Å². The highest BCUT2D eigenvalue weighted by Gasteiger charge is 2.39. The smallest absolute Gasteiger partial charge is 0.0681 e. The Morgan fingerprint density at radius 1 is 1.12 bits per heavy atom. The van der Waals surface area contributed by atoms with Gasteiger partial charge in [-0.3, -0.25) is 0 Å². The standard InChI is InChI=1S/C14H20N2O/c15-11-7-13-5-6-14(8-11)16(13)12-3-1-10(9-17)2-4-12/h1-4,11,13-14,17H,5-9,15H2. The average Bonchev–Trinajstić information content (AvgIpc) is 2.62. The lowest BCUT2D eigenvalue weighted by molar-refractivity contribution is 0.282. The second-order valence-electron chi connectivity index (χ2n) is 5.35. The molecule has 92 valence electrons. The number of fused-ring (bicyclic) bond motifs is 2. The summed E-state index contributed by atoms with van der Waals surface area (Å²) in [7, 11) is 0. The summed E-state index contributed by atoms with van der Waals surface area (Å²) in [6.45, 7) is 0.123. The molecule has 0 spiro atoms. The van der Waals surface area contributed by atoms with E-state index in [9.17, 15) is 0 Å². The normalized spacial score (nSPS) is 31.9. The van der Waals surface area contributed by atoms with Gasteiger partial charge in [-0.2, -0.15) is 0 Å². The molecule has 2 heterocycles. The zero-order chi connectivity index (χ0) is 11.8. The van der Waals surface area contributed by atoms with Gasteiger partial charge < -0.3 is 15.7 Å². The molecular weight excluding hydrogens is 212 g/mol. The Hall–Kier alpha value is -1.06. The molecule has 3 rings (SSSR count). The first-order valence-corrected chi connectivity index (χ1v) is 6.51. The van der Waals surface area contributed by atoms with E-state index in [1.54, 1.807) is 0 Å². The summed E-state index contributed by atoms with van der Waals surface area (Å²) in [6, 6.07) is 9.95. The van der Waals surface area contributed by atoms with Crippen molar-refractivity contribution in [2.45, 2.75) is 50.4 Å². The molecule has 2 fully saturated rings. The lowest BCUT2D eigenvalue weighted by atomic mass is 9.97. The maximum absolute atomic E-state index is 9.06. The van der Waals surface area contributed by atoms with Gasteiger partial charge in [0, 0.05) is 23.8 Å². The van der Waals surface area contributed by atoms with Gasteiger partial charge in [-0.05, 0) is 43.4 Å². The van der Waals surface area contributed by atoms with Crippen LogP contribution in [-0.4, -0.2) is 23.2 Å². The summed E-state index contributed by atoms with van der Waals surface area (Å²) >= 11 is 0. The van der Waals surface area contributed by atoms with Gasteiger partial charge >= 0.3 is 0 Å². The molecule has 2 saturated heterocycles. The van der Waals surface area contributed by atoms with E-state index in [1.807, 2.05) is 12.1 Å². The van der Waals surface area contributed by atoms with Gasteiger partial charge in [-0.25, -0.2) is 0 Å². The molecule has 3 N–H and O–H groups in total. The van der Waals surface area contributed by atoms with Crippen LogP contribution >= 0.6 is 0 Å². The molecule has 0 radical (unpaired) electrons. The Balaban J connectivity index is 1.84. The lowest BCUT2D eigenvalue weighted by Gasteiger charge is -2.39. The number of anilines is 1. The van der Waals surface area contributed by atoms with Crippen molar-refractivity contribution in [1.82, 2.24) is 0 Å². The fourth-order valence-corrected chi connectivity index (χ4v) is 3.41. The molecule has 17 heavy (non-hydrogen) atoms. The van der Waals surface area contributed by atoms with Crippen molar-refractivity contribution in [2.75, 3.05) is 4.90 Å². The Morgan fingerprint density at radius 2 is 1.71 bits per heavy atom. The van der Waals surface area contributed by atoms with Crippen LogP contribution in [0.1, 0.15) is 31.2 Å². The molecule has 0 amide bonds. The van der Waals surface area contributed by atoms with Crippen molar-refractivity contribution in [3.63, 3.8) is 0 Å². The number of nitrogens with zero attached hydrogens (tertiary/aromatic N) is 1. The molecule has 0 aliphatic carbocycles. The topological polar surface area (TPSA) is 49.5 Å². The van der Waals surface area contributed by atoms with Gasteiger partial charge in [0.15, 0.2) is 0 Å². The zero-order valence-electron chi connectivity index (χ0n) is 10.0. The minimum Gasteiger partial charge on any atom is -0.392 e. The first kappa shape index (κ1) is 11.1. The molecule has 2 bridgehead atoms. The SMILES string of the molecule is NC1CC2CCC(C1)N2c1ccc(CO)cc1. The summed E-state index contributed by atoms with van der Waals surface area (Å²) < 4.78 is 0. The quantitative estimate of drug-likeness (QED) is 0.815. The Morgan fingerprint density at radius 3 is 2.24 bits per heavy atom. The second kappa shape index (κ2) is 4.31. The highest BCUT2D eigenvalue weighted by Crippen LogP contribution is 2.38. The Labute approximate surface area is 102 Å². The molecule has 0 aromatic heterocycles. The third kappa shape index (κ3) is 1.94. The molecule has 2 aliphatic heterocycles. The molecule has 3 nitrogen and oxygen atoms in total. The maximum Gasteiger partial charge on any atom is 0.0681 e. The minimum absolute atomic E-state index is 0.123. The summed E-state index contributed by atoms with van der Waals surface area (Å²) in [4.78, 5) is 2.55. The third-order valence-electron chi connectivity index (χ3n) is 4.19. The number of rotatable bonds is 2. The number of hydrogen-bond acceptors (Lipinski definition) is 3. The minimum atomic E-state index is 0.123. The van der Waals surface area contributed by atoms with E-state index in [2.05, 4.69) is 17.0 Å². The molecule has 1 aromatic rings. The molecule has 2 unspecified atom stereocenters. The first-order valence-electron chi connectivity index (χ1n) is 6.51. The predicted molar refractivity (Wildman–Crippen MR) is 68.9 cm³/mol. The predicted octanol–water partition coefficient (Wildman–Crippen LogP) is 1.64. The van der Waals surface area contributed by atoms with Gasteiger partial charge in [0.05, 0.1) is 6.61 Å². The van der Waals surface area contributed by atoms with E-state index in [0.717, 1.165) is 18.4 Å². The van der Waals surface area contributed by atoms with E-state index in [1.165, 1.54) is 18.5 Å².